The van der Waals surface area contributed by atoms with Crippen LogP contribution in [0.1, 0.15) is 47.0 Å². The number of fused-ring (bicyclic) bond motifs is 2. The van der Waals surface area contributed by atoms with Crippen LogP contribution in [0.3, 0.4) is 0 Å². The first kappa shape index (κ1) is 27.5. The molecule has 1 aromatic carbocycles. The molecule has 1 aliphatic carbocycles. The SMILES string of the molecule is C1CNCCN(C2CC2)C1.COc1ccc2c(c1F)C(=O)N(C)C2.O=C1NC(=O)C(c2cc3ncccc3o2)N1. The smallest absolute Gasteiger partial charge is 0.322 e. The summed E-state index contributed by atoms with van der Waals surface area (Å²) in [7, 11) is 3.03. The normalized spacial score (nSPS) is 20.5. The number of hydrogen-bond donors (Lipinski definition) is 3. The summed E-state index contributed by atoms with van der Waals surface area (Å²) < 4.78 is 23.9. The van der Waals surface area contributed by atoms with E-state index < -0.39 is 23.8 Å². The van der Waals surface area contributed by atoms with Gasteiger partial charge in [-0.3, -0.25) is 24.8 Å². The van der Waals surface area contributed by atoms with E-state index >= 15 is 0 Å². The zero-order valence-electron chi connectivity index (χ0n) is 22.5. The van der Waals surface area contributed by atoms with Gasteiger partial charge in [-0.15, -0.1) is 0 Å². The maximum Gasteiger partial charge on any atom is 0.322 e. The Morgan fingerprint density at radius 3 is 2.65 bits per heavy atom. The van der Waals surface area contributed by atoms with Crippen LogP contribution in [0.5, 0.6) is 5.75 Å². The molecule has 5 heterocycles. The van der Waals surface area contributed by atoms with Crippen LogP contribution in [-0.2, 0) is 11.3 Å². The quantitative estimate of drug-likeness (QED) is 0.423. The molecule has 0 radical (unpaired) electrons. The van der Waals surface area contributed by atoms with Crippen molar-refractivity contribution in [1.29, 1.82) is 0 Å². The molecule has 1 unspecified atom stereocenters. The molecule has 0 bridgehead atoms. The molecular formula is C28H33FN6O5. The average molecular weight is 553 g/mol. The summed E-state index contributed by atoms with van der Waals surface area (Å²) in [5, 5.41) is 8.02. The highest BCUT2D eigenvalue weighted by Gasteiger charge is 2.34. The third-order valence-corrected chi connectivity index (χ3v) is 7.18. The number of carbonyl (C=O) groups is 3. The van der Waals surface area contributed by atoms with Crippen LogP contribution in [-0.4, -0.2) is 79.0 Å². The van der Waals surface area contributed by atoms with E-state index in [-0.39, 0.29) is 17.2 Å². The fourth-order valence-electron chi connectivity index (χ4n) is 4.96. The molecule has 1 atom stereocenters. The number of hydrogen-bond acceptors (Lipinski definition) is 8. The third-order valence-electron chi connectivity index (χ3n) is 7.18. The molecule has 12 heteroatoms. The molecule has 2 aromatic heterocycles. The summed E-state index contributed by atoms with van der Waals surface area (Å²) >= 11 is 0. The Balaban J connectivity index is 0.000000124. The van der Waals surface area contributed by atoms with Gasteiger partial charge in [-0.05, 0) is 56.1 Å². The molecule has 2 saturated heterocycles. The Hall–Kier alpha value is -4.03. The summed E-state index contributed by atoms with van der Waals surface area (Å²) in [5.41, 5.74) is 2.11. The van der Waals surface area contributed by atoms with E-state index in [1.807, 2.05) is 0 Å². The van der Waals surface area contributed by atoms with Gasteiger partial charge in [-0.25, -0.2) is 9.18 Å². The Morgan fingerprint density at radius 1 is 1.12 bits per heavy atom. The van der Waals surface area contributed by atoms with E-state index in [1.165, 1.54) is 57.5 Å². The van der Waals surface area contributed by atoms with E-state index in [4.69, 9.17) is 9.15 Å². The number of aromatic nitrogens is 1. The highest BCUT2D eigenvalue weighted by Crippen LogP contribution is 2.30. The Morgan fingerprint density at radius 2 is 1.95 bits per heavy atom. The predicted octanol–water partition coefficient (Wildman–Crippen LogP) is 2.57. The number of rotatable bonds is 3. The molecule has 7 rings (SSSR count). The molecule has 3 N–H and O–H groups in total. The molecule has 40 heavy (non-hydrogen) atoms. The van der Waals surface area contributed by atoms with Gasteiger partial charge in [0.05, 0.1) is 12.7 Å². The first-order valence-electron chi connectivity index (χ1n) is 13.4. The second-order valence-electron chi connectivity index (χ2n) is 10.1. The maximum absolute atomic E-state index is 13.6. The lowest BCUT2D eigenvalue weighted by molar-refractivity contribution is -0.120. The van der Waals surface area contributed by atoms with Crippen molar-refractivity contribution in [2.24, 2.45) is 0 Å². The molecule has 0 spiro atoms. The van der Waals surface area contributed by atoms with E-state index in [2.05, 4.69) is 25.8 Å². The number of ether oxygens (including phenoxy) is 1. The molecule has 3 fully saturated rings. The van der Waals surface area contributed by atoms with Crippen molar-refractivity contribution in [2.45, 2.75) is 37.9 Å². The molecule has 3 aromatic rings. The first-order chi connectivity index (χ1) is 19.4. The van der Waals surface area contributed by atoms with Crippen LogP contribution in [0.4, 0.5) is 9.18 Å². The molecule has 212 valence electrons. The Bertz CT molecular complexity index is 1370. The van der Waals surface area contributed by atoms with Crippen LogP contribution in [0, 0.1) is 5.82 Å². The van der Waals surface area contributed by atoms with Gasteiger partial charge in [0, 0.05) is 45.0 Å². The summed E-state index contributed by atoms with van der Waals surface area (Å²) in [6, 6.07) is 8.10. The van der Waals surface area contributed by atoms with Gasteiger partial charge in [0.2, 0.25) is 0 Å². The Kier molecular flexibility index (Phi) is 8.27. The zero-order chi connectivity index (χ0) is 28.2. The summed E-state index contributed by atoms with van der Waals surface area (Å²) in [5.74, 6) is -0.746. The van der Waals surface area contributed by atoms with Gasteiger partial charge >= 0.3 is 6.03 Å². The molecule has 1 saturated carbocycles. The molecular weight excluding hydrogens is 519 g/mol. The van der Waals surface area contributed by atoms with Crippen LogP contribution < -0.4 is 20.7 Å². The summed E-state index contributed by atoms with van der Waals surface area (Å²) in [6.45, 7) is 5.51. The molecule has 11 nitrogen and oxygen atoms in total. The number of methoxy groups -OCH3 is 1. The number of nitrogens with zero attached hydrogens (tertiary/aromatic N) is 3. The molecule has 3 aliphatic heterocycles. The van der Waals surface area contributed by atoms with Crippen LogP contribution >= 0.6 is 0 Å². The first-order valence-corrected chi connectivity index (χ1v) is 13.4. The van der Waals surface area contributed by atoms with Crippen molar-refractivity contribution in [1.82, 2.24) is 30.7 Å². The van der Waals surface area contributed by atoms with Gasteiger partial charge in [-0.2, -0.15) is 0 Å². The van der Waals surface area contributed by atoms with Crippen LogP contribution in [0.15, 0.2) is 40.9 Å². The van der Waals surface area contributed by atoms with Crippen molar-refractivity contribution in [3.05, 3.63) is 59.2 Å². The number of furan rings is 1. The van der Waals surface area contributed by atoms with Gasteiger partial charge in [0.1, 0.15) is 11.3 Å². The monoisotopic (exact) mass is 552 g/mol. The van der Waals surface area contributed by atoms with Gasteiger partial charge in [0.15, 0.2) is 23.2 Å². The maximum atomic E-state index is 13.6. The lowest BCUT2D eigenvalue weighted by Crippen LogP contribution is -2.29. The van der Waals surface area contributed by atoms with E-state index in [1.54, 1.807) is 43.6 Å². The lowest BCUT2D eigenvalue weighted by atomic mass is 10.1. The zero-order valence-corrected chi connectivity index (χ0v) is 22.5. The van der Waals surface area contributed by atoms with Gasteiger partial charge < -0.3 is 24.7 Å². The minimum absolute atomic E-state index is 0.118. The largest absolute Gasteiger partial charge is 0.494 e. The van der Waals surface area contributed by atoms with Crippen molar-refractivity contribution in [3.63, 3.8) is 0 Å². The van der Waals surface area contributed by atoms with Crippen LogP contribution in [0.2, 0.25) is 0 Å². The highest BCUT2D eigenvalue weighted by atomic mass is 19.1. The predicted molar refractivity (Wildman–Crippen MR) is 144 cm³/mol. The van der Waals surface area contributed by atoms with Gasteiger partial charge in [-0.1, -0.05) is 6.07 Å². The topological polar surface area (TPSA) is 129 Å². The fraction of sp³-hybridized carbons (Fsp3) is 0.429. The van der Waals surface area contributed by atoms with E-state index in [0.29, 0.717) is 23.4 Å². The number of nitrogens with one attached hydrogen (secondary N) is 3. The Labute approximate surface area is 231 Å². The van der Waals surface area contributed by atoms with Crippen molar-refractivity contribution in [3.8, 4) is 5.75 Å². The highest BCUT2D eigenvalue weighted by molar-refractivity contribution is 6.04. The van der Waals surface area contributed by atoms with Crippen molar-refractivity contribution >= 4 is 28.9 Å². The minimum atomic E-state index is -0.762. The minimum Gasteiger partial charge on any atom is -0.494 e. The number of urea groups is 1. The number of amides is 4. The number of pyridine rings is 1. The number of benzene rings is 1. The summed E-state index contributed by atoms with van der Waals surface area (Å²) in [6.07, 6.45) is 5.89. The molecule has 4 aliphatic rings. The van der Waals surface area contributed by atoms with E-state index in [0.717, 1.165) is 11.6 Å². The lowest BCUT2D eigenvalue weighted by Gasteiger charge is -2.17. The number of imide groups is 1. The molecule has 4 amide bonds. The van der Waals surface area contributed by atoms with Crippen molar-refractivity contribution < 1.29 is 27.9 Å². The van der Waals surface area contributed by atoms with Crippen LogP contribution in [0.25, 0.3) is 11.1 Å². The second kappa shape index (κ2) is 12.0. The second-order valence-corrected chi connectivity index (χ2v) is 10.1. The number of carbonyl (C=O) groups excluding carboxylic acids is 3. The number of halogens is 1. The standard InChI is InChI=1S/C10H10FNO2.C10H7N3O3.C8H16N2/c1-12-5-6-3-4-7(14-2)9(11)8(6)10(12)13;14-9-8(12-10(15)13-9)7-4-5-6(16-7)2-1-3-11-5;1-4-9-5-7-10(6-1)8-2-3-8/h3-4H,5H2,1-2H3;1-4,8H,(H2,12,13,14,15);8-9H,1-7H2. The van der Waals surface area contributed by atoms with Gasteiger partial charge in [0.25, 0.3) is 11.8 Å². The van der Waals surface area contributed by atoms with Crippen molar-refractivity contribution in [2.75, 3.05) is 40.3 Å². The fourth-order valence-corrected chi connectivity index (χ4v) is 4.96. The third kappa shape index (κ3) is 6.07. The summed E-state index contributed by atoms with van der Waals surface area (Å²) in [4.78, 5) is 42.1. The van der Waals surface area contributed by atoms with E-state index in [9.17, 15) is 18.8 Å². The average Bonchev–Trinajstić information content (AvgIpc) is 3.60.